The lowest BCUT2D eigenvalue weighted by Crippen LogP contribution is -2.13. The molecule has 2 N–H and O–H groups in total. The van der Waals surface area contributed by atoms with Gasteiger partial charge in [0.25, 0.3) is 0 Å². The summed E-state index contributed by atoms with van der Waals surface area (Å²) in [6.45, 7) is 4.98. The second-order valence-electron chi connectivity index (χ2n) is 4.24. The summed E-state index contributed by atoms with van der Waals surface area (Å²) in [4.78, 5) is 4.37. The molecule has 1 aliphatic rings. The van der Waals surface area contributed by atoms with Gasteiger partial charge in [0, 0.05) is 24.1 Å². The first-order valence-electron chi connectivity index (χ1n) is 5.66. The lowest BCUT2D eigenvalue weighted by molar-refractivity contribution is 0.127. The molecule has 1 aromatic rings. The van der Waals surface area contributed by atoms with Gasteiger partial charge in [-0.05, 0) is 38.0 Å². The van der Waals surface area contributed by atoms with Crippen LogP contribution in [-0.2, 0) is 4.74 Å². The Hall–Kier alpha value is -0.580. The van der Waals surface area contributed by atoms with Gasteiger partial charge in [0.05, 0.1) is 11.1 Å². The second-order valence-corrected chi connectivity index (χ2v) is 5.50. The highest BCUT2D eigenvalue weighted by Crippen LogP contribution is 2.31. The van der Waals surface area contributed by atoms with Crippen LogP contribution in [0.15, 0.2) is 23.4 Å². The SMILES string of the molecule is CC1OCCC1Sc1cc([C@@H](C)N)ccn1. The van der Waals surface area contributed by atoms with Crippen LogP contribution in [0.3, 0.4) is 0 Å². The minimum atomic E-state index is 0.0691. The van der Waals surface area contributed by atoms with E-state index in [4.69, 9.17) is 10.5 Å². The average molecular weight is 238 g/mol. The van der Waals surface area contributed by atoms with Gasteiger partial charge in [-0.15, -0.1) is 11.8 Å². The fraction of sp³-hybridized carbons (Fsp3) is 0.583. The largest absolute Gasteiger partial charge is 0.377 e. The Morgan fingerprint density at radius 1 is 1.62 bits per heavy atom. The van der Waals surface area contributed by atoms with Crippen molar-refractivity contribution in [3.63, 3.8) is 0 Å². The fourth-order valence-corrected chi connectivity index (χ4v) is 2.91. The summed E-state index contributed by atoms with van der Waals surface area (Å²) in [6.07, 6.45) is 3.27. The Bertz CT molecular complexity index is 357. The Balaban J connectivity index is 2.06. The van der Waals surface area contributed by atoms with Crippen LogP contribution in [0.4, 0.5) is 0 Å². The molecule has 16 heavy (non-hydrogen) atoms. The van der Waals surface area contributed by atoms with Crippen molar-refractivity contribution in [1.29, 1.82) is 0 Å². The summed E-state index contributed by atoms with van der Waals surface area (Å²) in [5, 5.41) is 1.58. The first kappa shape index (κ1) is 11.9. The van der Waals surface area contributed by atoms with E-state index in [1.807, 2.05) is 19.2 Å². The predicted molar refractivity (Wildman–Crippen MR) is 66.5 cm³/mol. The van der Waals surface area contributed by atoms with Crippen molar-refractivity contribution in [1.82, 2.24) is 4.98 Å². The van der Waals surface area contributed by atoms with E-state index < -0.39 is 0 Å². The monoisotopic (exact) mass is 238 g/mol. The number of nitrogens with two attached hydrogens (primary N) is 1. The van der Waals surface area contributed by atoms with E-state index >= 15 is 0 Å². The number of pyridine rings is 1. The molecule has 1 aliphatic heterocycles. The van der Waals surface area contributed by atoms with Crippen LogP contribution in [0.2, 0.25) is 0 Å². The maximum atomic E-state index is 5.86. The zero-order valence-corrected chi connectivity index (χ0v) is 10.5. The van der Waals surface area contributed by atoms with Gasteiger partial charge in [0.2, 0.25) is 0 Å². The number of hydrogen-bond donors (Lipinski definition) is 1. The molecule has 1 saturated heterocycles. The van der Waals surface area contributed by atoms with Crippen LogP contribution in [0.1, 0.15) is 31.9 Å². The molecular weight excluding hydrogens is 220 g/mol. The predicted octanol–water partition coefficient (Wildman–Crippen LogP) is 2.37. The van der Waals surface area contributed by atoms with Crippen LogP contribution in [-0.4, -0.2) is 22.9 Å². The van der Waals surface area contributed by atoms with Gasteiger partial charge in [0.15, 0.2) is 0 Å². The lowest BCUT2D eigenvalue weighted by atomic mass is 10.1. The van der Waals surface area contributed by atoms with Crippen molar-refractivity contribution in [2.24, 2.45) is 5.73 Å². The summed E-state index contributed by atoms with van der Waals surface area (Å²) >= 11 is 1.80. The lowest BCUT2D eigenvalue weighted by Gasteiger charge is -2.13. The second kappa shape index (κ2) is 5.17. The molecule has 2 unspecified atom stereocenters. The molecule has 1 aromatic heterocycles. The van der Waals surface area contributed by atoms with Crippen molar-refractivity contribution < 1.29 is 4.74 Å². The molecule has 88 valence electrons. The minimum absolute atomic E-state index is 0.0691. The van der Waals surface area contributed by atoms with Gasteiger partial charge in [-0.1, -0.05) is 0 Å². The fourth-order valence-electron chi connectivity index (χ4n) is 1.79. The minimum Gasteiger partial charge on any atom is -0.377 e. The molecule has 0 radical (unpaired) electrons. The highest BCUT2D eigenvalue weighted by atomic mass is 32.2. The Labute approximate surface area is 101 Å². The molecule has 0 amide bonds. The molecule has 0 aliphatic carbocycles. The van der Waals surface area contributed by atoms with Crippen LogP contribution >= 0.6 is 11.8 Å². The number of nitrogens with zero attached hydrogens (tertiary/aromatic N) is 1. The first-order valence-corrected chi connectivity index (χ1v) is 6.54. The van der Waals surface area contributed by atoms with Crippen LogP contribution in [0.5, 0.6) is 0 Å². The summed E-state index contributed by atoms with van der Waals surface area (Å²) in [6, 6.07) is 4.13. The third-order valence-electron chi connectivity index (χ3n) is 2.86. The van der Waals surface area contributed by atoms with Crippen molar-refractivity contribution in [2.75, 3.05) is 6.61 Å². The number of ether oxygens (including phenoxy) is 1. The molecule has 1 fully saturated rings. The van der Waals surface area contributed by atoms with Crippen molar-refractivity contribution in [2.45, 2.75) is 42.7 Å². The van der Waals surface area contributed by atoms with E-state index in [-0.39, 0.29) is 6.04 Å². The highest BCUT2D eigenvalue weighted by Gasteiger charge is 2.25. The van der Waals surface area contributed by atoms with Gasteiger partial charge in [-0.2, -0.15) is 0 Å². The Morgan fingerprint density at radius 3 is 3.06 bits per heavy atom. The van der Waals surface area contributed by atoms with E-state index in [1.54, 1.807) is 11.8 Å². The summed E-state index contributed by atoms with van der Waals surface area (Å²) in [5.41, 5.74) is 7.00. The summed E-state index contributed by atoms with van der Waals surface area (Å²) in [5.74, 6) is 0. The molecule has 3 nitrogen and oxygen atoms in total. The highest BCUT2D eigenvalue weighted by molar-refractivity contribution is 7.99. The number of rotatable bonds is 3. The molecule has 2 heterocycles. The first-order chi connectivity index (χ1) is 7.66. The Kier molecular flexibility index (Phi) is 3.84. The molecule has 2 rings (SSSR count). The number of hydrogen-bond acceptors (Lipinski definition) is 4. The molecule has 3 atom stereocenters. The van der Waals surface area contributed by atoms with Gasteiger partial charge in [0.1, 0.15) is 0 Å². The summed E-state index contributed by atoms with van der Waals surface area (Å²) < 4.78 is 5.54. The zero-order chi connectivity index (χ0) is 11.5. The quantitative estimate of drug-likeness (QED) is 0.878. The zero-order valence-electron chi connectivity index (χ0n) is 9.72. The van der Waals surface area contributed by atoms with Crippen LogP contribution in [0.25, 0.3) is 0 Å². The third-order valence-corrected chi connectivity index (χ3v) is 4.25. The molecule has 0 bridgehead atoms. The molecular formula is C12H18N2OS. The molecule has 0 spiro atoms. The van der Waals surface area contributed by atoms with Gasteiger partial charge < -0.3 is 10.5 Å². The van der Waals surface area contributed by atoms with Crippen LogP contribution in [0, 0.1) is 0 Å². The average Bonchev–Trinajstić information content (AvgIpc) is 2.65. The molecule has 4 heteroatoms. The van der Waals surface area contributed by atoms with Crippen LogP contribution < -0.4 is 5.73 Å². The van der Waals surface area contributed by atoms with Gasteiger partial charge >= 0.3 is 0 Å². The molecule has 0 aromatic carbocycles. The van der Waals surface area contributed by atoms with Crippen molar-refractivity contribution in [3.8, 4) is 0 Å². The maximum Gasteiger partial charge on any atom is 0.0966 e. The molecule has 0 saturated carbocycles. The van der Waals surface area contributed by atoms with E-state index in [1.165, 1.54) is 0 Å². The normalized spacial score (nSPS) is 26.9. The van der Waals surface area contributed by atoms with Gasteiger partial charge in [-0.25, -0.2) is 4.98 Å². The van der Waals surface area contributed by atoms with E-state index in [2.05, 4.69) is 18.0 Å². The number of thioether (sulfide) groups is 1. The van der Waals surface area contributed by atoms with Crippen molar-refractivity contribution in [3.05, 3.63) is 23.9 Å². The maximum absolute atomic E-state index is 5.86. The topological polar surface area (TPSA) is 48.1 Å². The smallest absolute Gasteiger partial charge is 0.0966 e. The van der Waals surface area contributed by atoms with Crippen molar-refractivity contribution >= 4 is 11.8 Å². The summed E-state index contributed by atoms with van der Waals surface area (Å²) in [7, 11) is 0. The Morgan fingerprint density at radius 2 is 2.44 bits per heavy atom. The van der Waals surface area contributed by atoms with Gasteiger partial charge in [-0.3, -0.25) is 0 Å². The van der Waals surface area contributed by atoms with E-state index in [0.29, 0.717) is 11.4 Å². The van der Waals surface area contributed by atoms with E-state index in [0.717, 1.165) is 23.6 Å². The van der Waals surface area contributed by atoms with E-state index in [9.17, 15) is 0 Å². The standard InChI is InChI=1S/C12H18N2OS/c1-8(13)10-3-5-14-12(7-10)16-11-4-6-15-9(11)2/h3,5,7-9,11H,4,6,13H2,1-2H3/t8-,9?,11?/m1/s1. The third kappa shape index (κ3) is 2.75. The number of aromatic nitrogens is 1.